The van der Waals surface area contributed by atoms with Crippen LogP contribution in [0.1, 0.15) is 30.2 Å². The topological polar surface area (TPSA) is 91.4 Å². The number of halogens is 4. The Morgan fingerprint density at radius 1 is 1.21 bits per heavy atom. The van der Waals surface area contributed by atoms with E-state index >= 15 is 0 Å². The fourth-order valence-corrected chi connectivity index (χ4v) is 3.42. The van der Waals surface area contributed by atoms with E-state index in [2.05, 4.69) is 10.3 Å². The Kier molecular flexibility index (Phi) is 8.42. The molecule has 7 nitrogen and oxygen atoms in total. The number of nitrogens with zero attached hydrogens (tertiary/aromatic N) is 2. The maximum Gasteiger partial charge on any atom is 0.433 e. The van der Waals surface area contributed by atoms with Crippen LogP contribution in [0, 0.1) is 5.82 Å². The first-order valence-electron chi connectivity index (χ1n) is 9.81. The summed E-state index contributed by atoms with van der Waals surface area (Å²) in [5.41, 5.74) is -0.534. The van der Waals surface area contributed by atoms with Gasteiger partial charge in [-0.3, -0.25) is 9.52 Å². The van der Waals surface area contributed by atoms with Gasteiger partial charge in [0.2, 0.25) is 15.9 Å². The summed E-state index contributed by atoms with van der Waals surface area (Å²) in [7, 11) is -2.02. The van der Waals surface area contributed by atoms with Gasteiger partial charge in [0.1, 0.15) is 17.3 Å². The van der Waals surface area contributed by atoms with Crippen molar-refractivity contribution in [3.63, 3.8) is 0 Å². The van der Waals surface area contributed by atoms with E-state index in [0.29, 0.717) is 24.1 Å². The summed E-state index contributed by atoms with van der Waals surface area (Å²) >= 11 is 0. The summed E-state index contributed by atoms with van der Waals surface area (Å²) in [5.74, 6) is -1.27. The maximum atomic E-state index is 14.0. The molecule has 180 valence electrons. The van der Waals surface area contributed by atoms with Gasteiger partial charge in [-0.05, 0) is 42.3 Å². The normalized spacial score (nSPS) is 12.1. The smallest absolute Gasteiger partial charge is 0.359 e. The highest BCUT2D eigenvalue weighted by molar-refractivity contribution is 7.92. The summed E-state index contributed by atoms with van der Waals surface area (Å²) in [6.45, 7) is 2.30. The number of alkyl halides is 3. The molecule has 0 radical (unpaired) electrons. The molecule has 0 saturated carbocycles. The van der Waals surface area contributed by atoms with Crippen molar-refractivity contribution in [2.45, 2.75) is 26.1 Å². The Bertz CT molecular complexity index is 1130. The average molecular weight is 489 g/mol. The highest BCUT2D eigenvalue weighted by atomic mass is 32.2. The zero-order chi connectivity index (χ0) is 24.8. The molecule has 0 saturated heterocycles. The van der Waals surface area contributed by atoms with E-state index in [-0.39, 0.29) is 18.1 Å². The highest BCUT2D eigenvalue weighted by Gasteiger charge is 2.33. The molecule has 0 spiro atoms. The zero-order valence-corrected chi connectivity index (χ0v) is 19.0. The van der Waals surface area contributed by atoms with E-state index in [0.717, 1.165) is 24.5 Å². The first-order chi connectivity index (χ1) is 15.3. The standard InChI is InChI=1S/C21H24F4N4O3S/c1-4-11-29(2)20-15(6-9-18(27-20)21(23,24)25)7-10-19(30)26-13-14-5-8-17(16(22)12-14)28-33(3,31)32/h5-10,12,28H,4,11,13H2,1-3H3,(H,26,30)/b10-7-. The lowest BCUT2D eigenvalue weighted by Crippen LogP contribution is -2.22. The molecule has 0 aliphatic rings. The molecule has 1 heterocycles. The number of carbonyl (C=O) groups excluding carboxylic acids is 1. The first-order valence-corrected chi connectivity index (χ1v) is 11.7. The van der Waals surface area contributed by atoms with Gasteiger partial charge in [-0.2, -0.15) is 13.2 Å². The van der Waals surface area contributed by atoms with Crippen LogP contribution in [-0.4, -0.2) is 39.2 Å². The van der Waals surface area contributed by atoms with Gasteiger partial charge < -0.3 is 10.2 Å². The minimum Gasteiger partial charge on any atom is -0.359 e. The lowest BCUT2D eigenvalue weighted by molar-refractivity contribution is -0.141. The predicted molar refractivity (Wildman–Crippen MR) is 119 cm³/mol. The van der Waals surface area contributed by atoms with Crippen molar-refractivity contribution in [1.82, 2.24) is 10.3 Å². The van der Waals surface area contributed by atoms with Crippen LogP contribution in [0.3, 0.4) is 0 Å². The molecule has 12 heteroatoms. The Morgan fingerprint density at radius 3 is 2.48 bits per heavy atom. The Labute approximate surface area is 189 Å². The minimum absolute atomic E-state index is 0.0485. The largest absolute Gasteiger partial charge is 0.433 e. The van der Waals surface area contributed by atoms with Crippen molar-refractivity contribution in [2.75, 3.05) is 29.5 Å². The van der Waals surface area contributed by atoms with Crippen LogP contribution in [0.4, 0.5) is 29.1 Å². The number of benzene rings is 1. The summed E-state index contributed by atoms with van der Waals surface area (Å²) in [4.78, 5) is 17.4. The van der Waals surface area contributed by atoms with Gasteiger partial charge in [0, 0.05) is 31.8 Å². The van der Waals surface area contributed by atoms with Crippen LogP contribution in [0.5, 0.6) is 0 Å². The number of amides is 1. The van der Waals surface area contributed by atoms with Crippen molar-refractivity contribution >= 4 is 33.5 Å². The van der Waals surface area contributed by atoms with Crippen molar-refractivity contribution in [1.29, 1.82) is 0 Å². The molecule has 0 bridgehead atoms. The van der Waals surface area contributed by atoms with Gasteiger partial charge in [-0.15, -0.1) is 0 Å². The molecule has 33 heavy (non-hydrogen) atoms. The lowest BCUT2D eigenvalue weighted by atomic mass is 10.2. The number of hydrogen-bond acceptors (Lipinski definition) is 5. The van der Waals surface area contributed by atoms with Gasteiger partial charge in [0.15, 0.2) is 0 Å². The van der Waals surface area contributed by atoms with Crippen LogP contribution < -0.4 is 14.9 Å². The van der Waals surface area contributed by atoms with Crippen LogP contribution >= 0.6 is 0 Å². The molecule has 2 rings (SSSR count). The summed E-state index contributed by atoms with van der Waals surface area (Å²) < 4.78 is 77.6. The third-order valence-electron chi connectivity index (χ3n) is 4.33. The van der Waals surface area contributed by atoms with Crippen molar-refractivity contribution < 1.29 is 30.8 Å². The zero-order valence-electron chi connectivity index (χ0n) is 18.2. The summed E-state index contributed by atoms with van der Waals surface area (Å²) in [6, 6.07) is 5.84. The Balaban J connectivity index is 2.11. The van der Waals surface area contributed by atoms with E-state index in [1.54, 1.807) is 11.9 Å². The van der Waals surface area contributed by atoms with Crippen molar-refractivity contribution in [3.8, 4) is 0 Å². The number of nitrogens with one attached hydrogen (secondary N) is 2. The fraction of sp³-hybridized carbons (Fsp3) is 0.333. The monoisotopic (exact) mass is 488 g/mol. The average Bonchev–Trinajstić information content (AvgIpc) is 2.71. The number of sulfonamides is 1. The third-order valence-corrected chi connectivity index (χ3v) is 4.92. The summed E-state index contributed by atoms with van der Waals surface area (Å²) in [6.07, 6.45) is -0.520. The second-order valence-electron chi connectivity index (χ2n) is 7.27. The molecule has 0 fully saturated rings. The van der Waals surface area contributed by atoms with E-state index in [1.165, 1.54) is 24.3 Å². The molecule has 0 aliphatic heterocycles. The first kappa shape index (κ1) is 26.1. The second-order valence-corrected chi connectivity index (χ2v) is 9.02. The predicted octanol–water partition coefficient (Wildman–Crippen LogP) is 3.79. The third kappa shape index (κ3) is 8.04. The second kappa shape index (κ2) is 10.6. The van der Waals surface area contributed by atoms with Crippen LogP contribution in [0.25, 0.3) is 6.08 Å². The SMILES string of the molecule is CCCN(C)c1nc(C(F)(F)F)ccc1/C=C\C(=O)NCc1ccc(NS(C)(=O)=O)c(F)c1. The molecule has 1 aromatic heterocycles. The van der Waals surface area contributed by atoms with Crippen LogP contribution in [-0.2, 0) is 27.5 Å². The molecule has 0 unspecified atom stereocenters. The molecule has 2 N–H and O–H groups in total. The molecular formula is C21H24F4N4O3S. The van der Waals surface area contributed by atoms with Gasteiger partial charge in [0.25, 0.3) is 0 Å². The van der Waals surface area contributed by atoms with Crippen LogP contribution in [0.2, 0.25) is 0 Å². The molecule has 0 atom stereocenters. The van der Waals surface area contributed by atoms with E-state index in [9.17, 15) is 30.8 Å². The van der Waals surface area contributed by atoms with Gasteiger partial charge in [-0.25, -0.2) is 17.8 Å². The van der Waals surface area contributed by atoms with Crippen molar-refractivity contribution in [3.05, 3.63) is 59.0 Å². The molecular weight excluding hydrogens is 464 g/mol. The van der Waals surface area contributed by atoms with Gasteiger partial charge >= 0.3 is 6.18 Å². The molecule has 1 amide bonds. The quantitative estimate of drug-likeness (QED) is 0.414. The highest BCUT2D eigenvalue weighted by Crippen LogP contribution is 2.30. The van der Waals surface area contributed by atoms with Crippen molar-refractivity contribution in [2.24, 2.45) is 0 Å². The summed E-state index contributed by atoms with van der Waals surface area (Å²) in [5, 5.41) is 2.53. The molecule has 2 aromatic rings. The van der Waals surface area contributed by atoms with E-state index < -0.39 is 33.6 Å². The number of hydrogen-bond donors (Lipinski definition) is 2. The minimum atomic E-state index is -4.59. The number of carbonyl (C=O) groups is 1. The maximum absolute atomic E-state index is 14.0. The van der Waals surface area contributed by atoms with Crippen LogP contribution in [0.15, 0.2) is 36.4 Å². The van der Waals surface area contributed by atoms with Gasteiger partial charge in [0.05, 0.1) is 11.9 Å². The molecule has 1 aromatic carbocycles. The Hall–Kier alpha value is -3.15. The number of anilines is 2. The Morgan fingerprint density at radius 2 is 1.91 bits per heavy atom. The fourth-order valence-electron chi connectivity index (χ4n) is 2.86. The van der Waals surface area contributed by atoms with E-state index in [4.69, 9.17) is 0 Å². The molecule has 0 aliphatic carbocycles. The number of aromatic nitrogens is 1. The van der Waals surface area contributed by atoms with Gasteiger partial charge in [-0.1, -0.05) is 13.0 Å². The van der Waals surface area contributed by atoms with E-state index in [1.807, 2.05) is 11.6 Å². The lowest BCUT2D eigenvalue weighted by Gasteiger charge is -2.21. The number of pyridine rings is 1. The number of rotatable bonds is 9.